The monoisotopic (exact) mass is 543 g/mol. The molecule has 0 bridgehead atoms. The summed E-state index contributed by atoms with van der Waals surface area (Å²) in [7, 11) is 0. The molecule has 40 heavy (non-hydrogen) atoms. The lowest BCUT2D eigenvalue weighted by molar-refractivity contribution is -0.136. The third-order valence-electron chi connectivity index (χ3n) is 7.01. The molecule has 0 saturated heterocycles. The van der Waals surface area contributed by atoms with Crippen LogP contribution in [0, 0.1) is 13.8 Å². The minimum atomic E-state index is -1.05. The van der Waals surface area contributed by atoms with Crippen LogP contribution in [0.5, 0.6) is 0 Å². The third kappa shape index (κ3) is 7.62. The lowest BCUT2D eigenvalue weighted by Crippen LogP contribution is -2.53. The van der Waals surface area contributed by atoms with E-state index < -0.39 is 24.1 Å². The van der Waals surface area contributed by atoms with Crippen LogP contribution in [0.25, 0.3) is 0 Å². The Morgan fingerprint density at radius 2 is 1.65 bits per heavy atom. The SMILES string of the molecule is C=NC(CNC(C)N(Cc1cccc(C(=O)O)c1)C(=O)[C@@H](N)Cc1c(C)cc(C(N)=O)cc1C)c1ccccc1. The topological polar surface area (TPSA) is 151 Å². The van der Waals surface area contributed by atoms with Crippen LogP contribution in [0.15, 0.2) is 71.7 Å². The van der Waals surface area contributed by atoms with Crippen molar-refractivity contribution >= 4 is 24.5 Å². The molecule has 3 aromatic carbocycles. The van der Waals surface area contributed by atoms with Gasteiger partial charge in [-0.2, -0.15) is 0 Å². The average Bonchev–Trinajstić information content (AvgIpc) is 2.93. The van der Waals surface area contributed by atoms with Gasteiger partial charge < -0.3 is 21.5 Å². The minimum absolute atomic E-state index is 0.135. The standard InChI is InChI=1S/C31H37N5O4/c1-19-13-25(29(33)37)14-20(2)26(19)16-27(32)30(38)36(18-22-9-8-12-24(15-22)31(39)40)21(3)35-17-28(34-4)23-10-6-5-7-11-23/h5-15,21,27-28,35H,4,16-18,32H2,1-3H3,(H2,33,37)(H,39,40)/t21?,27-,28?/m0/s1. The number of aromatic carboxylic acids is 1. The van der Waals surface area contributed by atoms with Crippen molar-refractivity contribution in [2.45, 2.75) is 52.0 Å². The van der Waals surface area contributed by atoms with Gasteiger partial charge in [-0.05, 0) is 86.0 Å². The second-order valence-corrected chi connectivity index (χ2v) is 9.93. The summed E-state index contributed by atoms with van der Waals surface area (Å²) < 4.78 is 0. The van der Waals surface area contributed by atoms with Gasteiger partial charge in [0.15, 0.2) is 0 Å². The summed E-state index contributed by atoms with van der Waals surface area (Å²) in [5, 5.41) is 12.8. The van der Waals surface area contributed by atoms with Crippen molar-refractivity contribution in [3.63, 3.8) is 0 Å². The zero-order valence-corrected chi connectivity index (χ0v) is 23.1. The molecule has 0 saturated carbocycles. The van der Waals surface area contributed by atoms with E-state index in [0.29, 0.717) is 17.7 Å². The van der Waals surface area contributed by atoms with Crippen molar-refractivity contribution in [3.05, 3.63) is 106 Å². The highest BCUT2D eigenvalue weighted by Crippen LogP contribution is 2.21. The molecule has 0 radical (unpaired) electrons. The van der Waals surface area contributed by atoms with Gasteiger partial charge in [0.2, 0.25) is 11.8 Å². The summed E-state index contributed by atoms with van der Waals surface area (Å²) in [6.07, 6.45) is -0.200. The molecule has 3 atom stereocenters. The van der Waals surface area contributed by atoms with Gasteiger partial charge in [-0.25, -0.2) is 4.79 Å². The molecular weight excluding hydrogens is 506 g/mol. The summed E-state index contributed by atoms with van der Waals surface area (Å²) >= 11 is 0. The number of benzene rings is 3. The quantitative estimate of drug-likeness (QED) is 0.192. The summed E-state index contributed by atoms with van der Waals surface area (Å²) in [4.78, 5) is 42.9. The Labute approximate surface area is 234 Å². The normalized spacial score (nSPS) is 13.2. The molecule has 2 unspecified atom stereocenters. The van der Waals surface area contributed by atoms with Crippen LogP contribution in [0.2, 0.25) is 0 Å². The fourth-order valence-electron chi connectivity index (χ4n) is 4.74. The second-order valence-electron chi connectivity index (χ2n) is 9.93. The Bertz CT molecular complexity index is 1350. The molecule has 0 aliphatic carbocycles. The number of carbonyl (C=O) groups is 3. The summed E-state index contributed by atoms with van der Waals surface area (Å²) in [6, 6.07) is 18.5. The van der Waals surface area contributed by atoms with Crippen LogP contribution in [0.3, 0.4) is 0 Å². The van der Waals surface area contributed by atoms with Crippen molar-refractivity contribution in [3.8, 4) is 0 Å². The van der Waals surface area contributed by atoms with Crippen molar-refractivity contribution in [1.82, 2.24) is 10.2 Å². The maximum Gasteiger partial charge on any atom is 0.335 e. The molecule has 9 nitrogen and oxygen atoms in total. The van der Waals surface area contributed by atoms with Crippen molar-refractivity contribution < 1.29 is 19.5 Å². The highest BCUT2D eigenvalue weighted by Gasteiger charge is 2.27. The fourth-order valence-corrected chi connectivity index (χ4v) is 4.74. The van der Waals surface area contributed by atoms with Crippen molar-refractivity contribution in [1.29, 1.82) is 0 Å². The van der Waals surface area contributed by atoms with E-state index in [1.54, 1.807) is 35.2 Å². The molecule has 210 valence electrons. The van der Waals surface area contributed by atoms with Crippen LogP contribution >= 0.6 is 0 Å². The van der Waals surface area contributed by atoms with Gasteiger partial charge in [0, 0.05) is 18.7 Å². The number of carboxylic acid groups (broad SMARTS) is 1. The van der Waals surface area contributed by atoms with Crippen LogP contribution < -0.4 is 16.8 Å². The number of aryl methyl sites for hydroxylation is 2. The largest absolute Gasteiger partial charge is 0.478 e. The zero-order valence-electron chi connectivity index (χ0n) is 23.1. The van der Waals surface area contributed by atoms with Gasteiger partial charge in [-0.1, -0.05) is 42.5 Å². The predicted octanol–water partition coefficient (Wildman–Crippen LogP) is 3.38. The van der Waals surface area contributed by atoms with Crippen molar-refractivity contribution in [2.75, 3.05) is 6.54 Å². The number of nitrogens with one attached hydrogen (secondary N) is 1. The van der Waals surface area contributed by atoms with Gasteiger partial charge >= 0.3 is 5.97 Å². The average molecular weight is 544 g/mol. The van der Waals surface area contributed by atoms with E-state index in [4.69, 9.17) is 11.5 Å². The maximum atomic E-state index is 13.8. The maximum absolute atomic E-state index is 13.8. The molecule has 0 aromatic heterocycles. The molecule has 9 heteroatoms. The van der Waals surface area contributed by atoms with E-state index in [1.807, 2.05) is 51.1 Å². The van der Waals surface area contributed by atoms with Crippen molar-refractivity contribution in [2.24, 2.45) is 16.5 Å². The molecule has 0 fully saturated rings. The summed E-state index contributed by atoms with van der Waals surface area (Å²) in [6.45, 7) is 9.87. The smallest absolute Gasteiger partial charge is 0.335 e. The lowest BCUT2D eigenvalue weighted by atomic mass is 9.93. The van der Waals surface area contributed by atoms with Crippen LogP contribution in [0.4, 0.5) is 0 Å². The van der Waals surface area contributed by atoms with Gasteiger partial charge in [0.25, 0.3) is 0 Å². The zero-order chi connectivity index (χ0) is 29.4. The Morgan fingerprint density at radius 3 is 2.23 bits per heavy atom. The fraction of sp³-hybridized carbons (Fsp3) is 0.290. The molecular formula is C31H37N5O4. The molecule has 3 rings (SSSR count). The van der Waals surface area contributed by atoms with E-state index in [0.717, 1.165) is 22.3 Å². The number of hydrogen-bond acceptors (Lipinski definition) is 6. The molecule has 0 aliphatic rings. The van der Waals surface area contributed by atoms with E-state index in [1.165, 1.54) is 6.07 Å². The van der Waals surface area contributed by atoms with E-state index >= 15 is 0 Å². The van der Waals surface area contributed by atoms with Crippen LogP contribution in [0.1, 0.15) is 61.5 Å². The second kappa shape index (κ2) is 13.6. The molecule has 0 spiro atoms. The number of amides is 2. The first-order valence-corrected chi connectivity index (χ1v) is 13.0. The van der Waals surface area contributed by atoms with Gasteiger partial charge in [-0.15, -0.1) is 0 Å². The first-order valence-electron chi connectivity index (χ1n) is 13.0. The molecule has 0 heterocycles. The predicted molar refractivity (Wildman–Crippen MR) is 156 cm³/mol. The molecule has 6 N–H and O–H groups in total. The highest BCUT2D eigenvalue weighted by atomic mass is 16.4. The number of rotatable bonds is 13. The van der Waals surface area contributed by atoms with E-state index in [9.17, 15) is 19.5 Å². The number of nitrogens with two attached hydrogens (primary N) is 2. The number of carboxylic acids is 1. The highest BCUT2D eigenvalue weighted by molar-refractivity contribution is 5.93. The van der Waals surface area contributed by atoms with E-state index in [-0.39, 0.29) is 30.5 Å². The number of hydrogen-bond donors (Lipinski definition) is 4. The number of carbonyl (C=O) groups excluding carboxylic acids is 2. The first kappa shape index (κ1) is 30.2. The van der Waals surface area contributed by atoms with Gasteiger partial charge in [-0.3, -0.25) is 19.9 Å². The number of primary amides is 1. The Morgan fingerprint density at radius 1 is 1.00 bits per heavy atom. The van der Waals surface area contributed by atoms with Gasteiger partial charge in [0.05, 0.1) is 23.8 Å². The van der Waals surface area contributed by atoms with E-state index in [2.05, 4.69) is 17.0 Å². The summed E-state index contributed by atoms with van der Waals surface area (Å²) in [5.74, 6) is -1.87. The van der Waals surface area contributed by atoms with Gasteiger partial charge in [0.1, 0.15) is 0 Å². The minimum Gasteiger partial charge on any atom is -0.478 e. The first-order chi connectivity index (χ1) is 19.0. The van der Waals surface area contributed by atoms with Crippen LogP contribution in [-0.4, -0.2) is 53.3 Å². The lowest BCUT2D eigenvalue weighted by Gasteiger charge is -2.33. The Hall–Kier alpha value is -4.34. The Kier molecular flexibility index (Phi) is 10.3. The Balaban J connectivity index is 1.86. The van der Waals surface area contributed by atoms with Crippen LogP contribution in [-0.2, 0) is 17.8 Å². The molecule has 0 aliphatic heterocycles. The summed E-state index contributed by atoms with van der Waals surface area (Å²) in [5.41, 5.74) is 16.7. The third-order valence-corrected chi connectivity index (χ3v) is 7.01. The number of aliphatic imine (C=N–C) groups is 1. The molecule has 2 amide bonds. The number of nitrogens with zero attached hydrogens (tertiary/aromatic N) is 2. The molecule has 3 aromatic rings.